The molecule has 1 atom stereocenters. The summed E-state index contributed by atoms with van der Waals surface area (Å²) in [4.78, 5) is 9.22. The number of nitrogens with zero attached hydrogens (tertiary/aromatic N) is 2. The van der Waals surface area contributed by atoms with E-state index in [1.54, 1.807) is 54.6 Å². The van der Waals surface area contributed by atoms with Crippen LogP contribution in [0.1, 0.15) is 5.56 Å². The first kappa shape index (κ1) is 27.1. The van der Waals surface area contributed by atoms with Crippen molar-refractivity contribution < 1.29 is 21.6 Å². The Balaban J connectivity index is 1.29. The van der Waals surface area contributed by atoms with Gasteiger partial charge in [0.25, 0.3) is 0 Å². The number of aromatic nitrogens is 2. The number of thioether (sulfide) groups is 1. The largest absolute Gasteiger partial charge is 0.477 e. The van der Waals surface area contributed by atoms with E-state index in [4.69, 9.17) is 4.74 Å². The van der Waals surface area contributed by atoms with Gasteiger partial charge < -0.3 is 15.4 Å². The predicted molar refractivity (Wildman–Crippen MR) is 154 cm³/mol. The van der Waals surface area contributed by atoms with E-state index in [9.17, 15) is 16.8 Å². The van der Waals surface area contributed by atoms with Gasteiger partial charge in [-0.1, -0.05) is 30.0 Å². The fraction of sp³-hybridized carbons (Fsp3) is 0.185. The zero-order chi connectivity index (χ0) is 27.5. The van der Waals surface area contributed by atoms with E-state index in [1.807, 2.05) is 23.6 Å². The van der Waals surface area contributed by atoms with E-state index in [-0.39, 0.29) is 21.0 Å². The van der Waals surface area contributed by atoms with Crippen molar-refractivity contribution in [3.63, 3.8) is 0 Å². The Morgan fingerprint density at radius 3 is 2.41 bits per heavy atom. The highest BCUT2D eigenvalue weighted by atomic mass is 32.2. The van der Waals surface area contributed by atoms with E-state index < -0.39 is 19.7 Å². The Kier molecular flexibility index (Phi) is 7.89. The van der Waals surface area contributed by atoms with Crippen LogP contribution >= 0.6 is 11.8 Å². The Morgan fingerprint density at radius 2 is 1.67 bits per heavy atom. The number of benzene rings is 3. The molecule has 0 aliphatic carbocycles. The molecular weight excluding hydrogens is 557 g/mol. The maximum Gasteiger partial charge on any atom is 0.206 e. The third-order valence-corrected chi connectivity index (χ3v) is 9.59. The van der Waals surface area contributed by atoms with Crippen molar-refractivity contribution in [2.24, 2.45) is 0 Å². The first-order valence-corrected chi connectivity index (χ1v) is 16.5. The van der Waals surface area contributed by atoms with Crippen LogP contribution in [0.15, 0.2) is 94.3 Å². The zero-order valence-corrected chi connectivity index (χ0v) is 23.4. The van der Waals surface area contributed by atoms with Crippen molar-refractivity contribution in [3.05, 3.63) is 90.1 Å². The topological polar surface area (TPSA) is 127 Å². The molecule has 2 heterocycles. The molecule has 0 amide bonds. The molecule has 3 aromatic carbocycles. The molecule has 12 heteroatoms. The molecule has 4 aromatic rings. The van der Waals surface area contributed by atoms with Crippen molar-refractivity contribution in [1.82, 2.24) is 15.3 Å². The van der Waals surface area contributed by atoms with Crippen LogP contribution in [0.3, 0.4) is 0 Å². The molecule has 0 spiro atoms. The van der Waals surface area contributed by atoms with Crippen LogP contribution in [0, 0.1) is 0 Å². The van der Waals surface area contributed by atoms with Gasteiger partial charge in [0.15, 0.2) is 5.44 Å². The second kappa shape index (κ2) is 11.3. The van der Waals surface area contributed by atoms with Crippen LogP contribution in [0.4, 0.5) is 11.5 Å². The van der Waals surface area contributed by atoms with Crippen molar-refractivity contribution in [3.8, 4) is 0 Å². The summed E-state index contributed by atoms with van der Waals surface area (Å²) >= 11 is 1.52. The summed E-state index contributed by atoms with van der Waals surface area (Å²) in [5.74, 6) is 1.37. The summed E-state index contributed by atoms with van der Waals surface area (Å²) in [6.07, 6.45) is 2.69. The number of hydrogen-bond donors (Lipinski definition) is 2. The normalized spacial score (nSPS) is 15.6. The van der Waals surface area contributed by atoms with Crippen LogP contribution in [0.5, 0.6) is 0 Å². The number of rotatable bonds is 10. The Labute approximate surface area is 231 Å². The maximum absolute atomic E-state index is 12.9. The minimum atomic E-state index is -3.60. The summed E-state index contributed by atoms with van der Waals surface area (Å²) in [5.41, 5.74) is 2.12. The van der Waals surface area contributed by atoms with Crippen molar-refractivity contribution in [2.75, 3.05) is 30.4 Å². The van der Waals surface area contributed by atoms with Crippen molar-refractivity contribution >= 4 is 59.6 Å². The lowest BCUT2D eigenvalue weighted by molar-refractivity contribution is 0.252. The van der Waals surface area contributed by atoms with Gasteiger partial charge in [-0.05, 0) is 54.6 Å². The molecule has 1 aliphatic heterocycles. The first-order chi connectivity index (χ1) is 18.7. The lowest BCUT2D eigenvalue weighted by Gasteiger charge is -2.14. The van der Waals surface area contributed by atoms with Gasteiger partial charge in [0.2, 0.25) is 9.84 Å². The molecule has 1 unspecified atom stereocenters. The predicted octanol–water partition coefficient (Wildman–Crippen LogP) is 4.23. The molecule has 0 saturated carbocycles. The third kappa shape index (κ3) is 6.59. The minimum absolute atomic E-state index is 0.0800. The smallest absolute Gasteiger partial charge is 0.206 e. The lowest BCUT2D eigenvalue weighted by atomic mass is 10.1. The minimum Gasteiger partial charge on any atom is -0.477 e. The van der Waals surface area contributed by atoms with Crippen LogP contribution in [0.2, 0.25) is 0 Å². The fourth-order valence-electron chi connectivity index (χ4n) is 3.94. The highest BCUT2D eigenvalue weighted by Gasteiger charge is 2.21. The van der Waals surface area contributed by atoms with Crippen molar-refractivity contribution in [2.45, 2.75) is 15.2 Å². The average Bonchev–Trinajstić information content (AvgIpc) is 3.40. The second-order valence-electron chi connectivity index (χ2n) is 8.92. The molecule has 202 valence electrons. The van der Waals surface area contributed by atoms with Crippen LogP contribution in [-0.4, -0.2) is 57.3 Å². The van der Waals surface area contributed by atoms with Gasteiger partial charge >= 0.3 is 0 Å². The van der Waals surface area contributed by atoms with E-state index in [1.165, 1.54) is 24.3 Å². The van der Waals surface area contributed by atoms with Crippen molar-refractivity contribution in [1.29, 1.82) is 0 Å². The highest BCUT2D eigenvalue weighted by molar-refractivity contribution is 8.03. The summed E-state index contributed by atoms with van der Waals surface area (Å²) in [7, 11) is -6.61. The van der Waals surface area contributed by atoms with Gasteiger partial charge in [-0.3, -0.25) is 0 Å². The number of nitrogens with one attached hydrogen (secondary N) is 2. The van der Waals surface area contributed by atoms with Gasteiger partial charge in [0, 0.05) is 41.4 Å². The lowest BCUT2D eigenvalue weighted by Crippen LogP contribution is -2.29. The molecule has 39 heavy (non-hydrogen) atoms. The van der Waals surface area contributed by atoms with Crippen LogP contribution in [-0.2, 0) is 24.4 Å². The van der Waals surface area contributed by atoms with E-state index in [0.29, 0.717) is 30.4 Å². The van der Waals surface area contributed by atoms with Gasteiger partial charge in [0.05, 0.1) is 21.1 Å². The SMILES string of the molecule is CS(=O)(=O)CCNCC1OC(c2ccc3ncnc(Nc4ccc(S(=O)(=O)c5ccccc5)cc4)c3c2)=CS1. The van der Waals surface area contributed by atoms with Gasteiger partial charge in [-0.2, -0.15) is 0 Å². The summed E-state index contributed by atoms with van der Waals surface area (Å²) in [6.45, 7) is 0.885. The summed E-state index contributed by atoms with van der Waals surface area (Å²) < 4.78 is 54.4. The maximum atomic E-state index is 12.9. The number of anilines is 2. The number of sulfone groups is 2. The zero-order valence-electron chi connectivity index (χ0n) is 20.9. The number of ether oxygens (including phenoxy) is 1. The van der Waals surface area contributed by atoms with E-state index >= 15 is 0 Å². The van der Waals surface area contributed by atoms with Gasteiger partial charge in [-0.25, -0.2) is 26.8 Å². The molecule has 0 saturated heterocycles. The molecule has 1 aliphatic rings. The molecule has 0 radical (unpaired) electrons. The average molecular weight is 583 g/mol. The fourth-order valence-corrected chi connectivity index (χ4v) is 6.58. The Hall–Kier alpha value is -3.45. The number of hydrogen-bond acceptors (Lipinski definition) is 10. The Morgan fingerprint density at radius 1 is 0.923 bits per heavy atom. The summed E-state index contributed by atoms with van der Waals surface area (Å²) in [6, 6.07) is 20.6. The molecule has 0 bridgehead atoms. The molecule has 1 aromatic heterocycles. The monoisotopic (exact) mass is 582 g/mol. The summed E-state index contributed by atoms with van der Waals surface area (Å²) in [5, 5.41) is 9.10. The quantitative estimate of drug-likeness (QED) is 0.262. The molecule has 5 rings (SSSR count). The molecular formula is C27H26N4O5S3. The van der Waals surface area contributed by atoms with E-state index in [0.717, 1.165) is 16.5 Å². The molecule has 9 nitrogen and oxygen atoms in total. The van der Waals surface area contributed by atoms with Gasteiger partial charge in [-0.15, -0.1) is 0 Å². The van der Waals surface area contributed by atoms with Gasteiger partial charge in [0.1, 0.15) is 27.7 Å². The standard InChI is InChI=1S/C27H26N4O5S3/c1-38(32,33)14-13-28-16-26-36-25(17-37-26)19-7-12-24-23(15-19)27(30-18-29-24)31-20-8-10-22(11-9-20)39(34,35)21-5-3-2-4-6-21/h2-12,15,17-18,26,28H,13-14,16H2,1H3,(H,29,30,31). The first-order valence-electron chi connectivity index (χ1n) is 12.0. The van der Waals surface area contributed by atoms with Crippen LogP contribution in [0.25, 0.3) is 16.7 Å². The molecule has 0 fully saturated rings. The van der Waals surface area contributed by atoms with Crippen LogP contribution < -0.4 is 10.6 Å². The van der Waals surface area contributed by atoms with E-state index in [2.05, 4.69) is 20.6 Å². The number of fused-ring (bicyclic) bond motifs is 1. The Bertz CT molecular complexity index is 1730. The second-order valence-corrected chi connectivity index (χ2v) is 14.2. The third-order valence-electron chi connectivity index (χ3n) is 5.95. The molecule has 2 N–H and O–H groups in total. The highest BCUT2D eigenvalue weighted by Crippen LogP contribution is 2.35.